The first kappa shape index (κ1) is 17.7. The van der Waals surface area contributed by atoms with E-state index in [-0.39, 0.29) is 6.10 Å². The molecule has 0 amide bonds. The Balaban J connectivity index is 2.99. The van der Waals surface area contributed by atoms with Gasteiger partial charge in [0.1, 0.15) is 0 Å². The average molecular weight is 254 g/mol. The molecule has 0 aromatic carbocycles. The van der Waals surface area contributed by atoms with E-state index in [4.69, 9.17) is 5.11 Å². The third-order valence-electron chi connectivity index (χ3n) is 3.39. The highest BCUT2D eigenvalue weighted by Gasteiger charge is 1.92. The summed E-state index contributed by atoms with van der Waals surface area (Å²) in [5.74, 6) is 0. The van der Waals surface area contributed by atoms with Gasteiger partial charge in [0.25, 0.3) is 0 Å². The number of hydrogen-bond acceptors (Lipinski definition) is 1. The Labute approximate surface area is 115 Å². The first-order chi connectivity index (χ1) is 8.77. The molecule has 0 aliphatic carbocycles. The molecule has 0 spiro atoms. The summed E-state index contributed by atoms with van der Waals surface area (Å²) >= 11 is 0. The molecule has 108 valence electrons. The molecule has 0 saturated carbocycles. The van der Waals surface area contributed by atoms with E-state index in [1.165, 1.54) is 70.6 Å². The van der Waals surface area contributed by atoms with Crippen molar-refractivity contribution in [3.05, 3.63) is 12.2 Å². The zero-order valence-corrected chi connectivity index (χ0v) is 12.7. The van der Waals surface area contributed by atoms with Crippen LogP contribution in [-0.4, -0.2) is 11.2 Å². The van der Waals surface area contributed by atoms with Gasteiger partial charge in [0.2, 0.25) is 0 Å². The monoisotopic (exact) mass is 254 g/mol. The Hall–Kier alpha value is -0.300. The fraction of sp³-hybridized carbons (Fsp3) is 0.882. The van der Waals surface area contributed by atoms with Crippen LogP contribution in [-0.2, 0) is 0 Å². The molecule has 1 atom stereocenters. The van der Waals surface area contributed by atoms with Crippen LogP contribution in [0.4, 0.5) is 0 Å². The van der Waals surface area contributed by atoms with Crippen LogP contribution in [0.2, 0.25) is 0 Å². The number of allylic oxidation sites excluding steroid dienone is 1. The van der Waals surface area contributed by atoms with Gasteiger partial charge in [-0.1, -0.05) is 83.3 Å². The fourth-order valence-electron chi connectivity index (χ4n) is 2.22. The number of aliphatic hydroxyl groups is 1. The number of rotatable bonds is 13. The molecule has 1 N–H and O–H groups in total. The molecule has 0 aliphatic rings. The SMILES string of the molecule is CCCCCCCCCCCCC/C=C\[C@H](C)O. The van der Waals surface area contributed by atoms with E-state index >= 15 is 0 Å². The predicted molar refractivity (Wildman–Crippen MR) is 81.9 cm³/mol. The Morgan fingerprint density at radius 2 is 1.22 bits per heavy atom. The van der Waals surface area contributed by atoms with Crippen molar-refractivity contribution in [3.8, 4) is 0 Å². The van der Waals surface area contributed by atoms with Crippen molar-refractivity contribution >= 4 is 0 Å². The van der Waals surface area contributed by atoms with Gasteiger partial charge >= 0.3 is 0 Å². The lowest BCUT2D eigenvalue weighted by molar-refractivity contribution is 0.244. The Bertz CT molecular complexity index is 172. The minimum Gasteiger partial charge on any atom is -0.389 e. The van der Waals surface area contributed by atoms with Crippen LogP contribution < -0.4 is 0 Å². The van der Waals surface area contributed by atoms with Crippen molar-refractivity contribution < 1.29 is 5.11 Å². The molecule has 0 aromatic rings. The van der Waals surface area contributed by atoms with E-state index in [9.17, 15) is 0 Å². The molecule has 0 bridgehead atoms. The van der Waals surface area contributed by atoms with E-state index < -0.39 is 0 Å². The number of unbranched alkanes of at least 4 members (excludes halogenated alkanes) is 11. The zero-order valence-electron chi connectivity index (χ0n) is 12.7. The van der Waals surface area contributed by atoms with Crippen LogP contribution in [0.5, 0.6) is 0 Å². The quantitative estimate of drug-likeness (QED) is 0.334. The van der Waals surface area contributed by atoms with Gasteiger partial charge in [-0.05, 0) is 19.8 Å². The summed E-state index contributed by atoms with van der Waals surface area (Å²) in [5.41, 5.74) is 0. The largest absolute Gasteiger partial charge is 0.389 e. The van der Waals surface area contributed by atoms with Gasteiger partial charge in [0, 0.05) is 0 Å². The van der Waals surface area contributed by atoms with Gasteiger partial charge in [0.05, 0.1) is 6.10 Å². The van der Waals surface area contributed by atoms with Crippen LogP contribution in [0.3, 0.4) is 0 Å². The maximum absolute atomic E-state index is 9.04. The van der Waals surface area contributed by atoms with E-state index in [0.717, 1.165) is 6.42 Å². The molecule has 0 saturated heterocycles. The second kappa shape index (κ2) is 14.8. The van der Waals surface area contributed by atoms with E-state index in [0.29, 0.717) is 0 Å². The standard InChI is InChI=1S/C17H34O/c1-3-4-5-6-7-8-9-10-11-12-13-14-15-16-17(2)18/h15-18H,3-14H2,1-2H3/b16-15-/t17-/m0/s1. The van der Waals surface area contributed by atoms with Crippen LogP contribution in [0.1, 0.15) is 90.9 Å². The molecule has 1 heteroatoms. The number of hydrogen-bond donors (Lipinski definition) is 1. The average Bonchev–Trinajstić information content (AvgIpc) is 2.34. The summed E-state index contributed by atoms with van der Waals surface area (Å²) in [6.07, 6.45) is 20.2. The predicted octanol–water partition coefficient (Wildman–Crippen LogP) is 5.62. The zero-order chi connectivity index (χ0) is 13.5. The molecule has 18 heavy (non-hydrogen) atoms. The Morgan fingerprint density at radius 1 is 0.778 bits per heavy atom. The normalized spacial score (nSPS) is 13.3. The molecule has 0 rings (SSSR count). The van der Waals surface area contributed by atoms with Gasteiger partial charge in [-0.15, -0.1) is 0 Å². The Kier molecular flexibility index (Phi) is 14.5. The lowest BCUT2D eigenvalue weighted by Crippen LogP contribution is -1.91. The van der Waals surface area contributed by atoms with Gasteiger partial charge in [-0.25, -0.2) is 0 Å². The summed E-state index contributed by atoms with van der Waals surface area (Å²) in [4.78, 5) is 0. The first-order valence-corrected chi connectivity index (χ1v) is 8.12. The molecule has 0 fully saturated rings. The summed E-state index contributed by atoms with van der Waals surface area (Å²) in [7, 11) is 0. The van der Waals surface area contributed by atoms with Crippen LogP contribution in [0.25, 0.3) is 0 Å². The second-order valence-electron chi connectivity index (χ2n) is 5.49. The molecule has 0 radical (unpaired) electrons. The summed E-state index contributed by atoms with van der Waals surface area (Å²) < 4.78 is 0. The molecule has 0 heterocycles. The molecule has 0 aromatic heterocycles. The summed E-state index contributed by atoms with van der Waals surface area (Å²) in [6, 6.07) is 0. The second-order valence-corrected chi connectivity index (χ2v) is 5.49. The molecular weight excluding hydrogens is 220 g/mol. The maximum atomic E-state index is 9.04. The highest BCUT2D eigenvalue weighted by atomic mass is 16.3. The van der Waals surface area contributed by atoms with Crippen molar-refractivity contribution in [2.45, 2.75) is 97.0 Å². The van der Waals surface area contributed by atoms with Gasteiger partial charge in [-0.2, -0.15) is 0 Å². The first-order valence-electron chi connectivity index (χ1n) is 8.12. The van der Waals surface area contributed by atoms with Crippen molar-refractivity contribution in [1.29, 1.82) is 0 Å². The third kappa shape index (κ3) is 15.7. The molecular formula is C17H34O. The minimum absolute atomic E-state index is 0.280. The van der Waals surface area contributed by atoms with Crippen molar-refractivity contribution in [1.82, 2.24) is 0 Å². The fourth-order valence-corrected chi connectivity index (χ4v) is 2.22. The van der Waals surface area contributed by atoms with Crippen LogP contribution in [0, 0.1) is 0 Å². The third-order valence-corrected chi connectivity index (χ3v) is 3.39. The maximum Gasteiger partial charge on any atom is 0.0692 e. The smallest absolute Gasteiger partial charge is 0.0692 e. The molecule has 0 unspecified atom stereocenters. The topological polar surface area (TPSA) is 20.2 Å². The highest BCUT2D eigenvalue weighted by molar-refractivity contribution is 4.85. The lowest BCUT2D eigenvalue weighted by Gasteiger charge is -2.01. The molecule has 0 aliphatic heterocycles. The van der Waals surface area contributed by atoms with Crippen molar-refractivity contribution in [3.63, 3.8) is 0 Å². The number of aliphatic hydroxyl groups excluding tert-OH is 1. The van der Waals surface area contributed by atoms with E-state index in [1.807, 2.05) is 6.08 Å². The van der Waals surface area contributed by atoms with E-state index in [2.05, 4.69) is 13.0 Å². The lowest BCUT2D eigenvalue weighted by atomic mass is 10.1. The summed E-state index contributed by atoms with van der Waals surface area (Å²) in [6.45, 7) is 4.08. The molecule has 1 nitrogen and oxygen atoms in total. The van der Waals surface area contributed by atoms with E-state index in [1.54, 1.807) is 6.92 Å². The minimum atomic E-state index is -0.280. The highest BCUT2D eigenvalue weighted by Crippen LogP contribution is 2.11. The van der Waals surface area contributed by atoms with Crippen LogP contribution in [0.15, 0.2) is 12.2 Å². The van der Waals surface area contributed by atoms with Gasteiger partial charge in [0.15, 0.2) is 0 Å². The van der Waals surface area contributed by atoms with Crippen molar-refractivity contribution in [2.24, 2.45) is 0 Å². The Morgan fingerprint density at radius 3 is 1.67 bits per heavy atom. The van der Waals surface area contributed by atoms with Gasteiger partial charge in [-0.3, -0.25) is 0 Å². The van der Waals surface area contributed by atoms with Crippen molar-refractivity contribution in [2.75, 3.05) is 0 Å². The summed E-state index contributed by atoms with van der Waals surface area (Å²) in [5, 5.41) is 9.04. The van der Waals surface area contributed by atoms with Gasteiger partial charge < -0.3 is 5.11 Å². The van der Waals surface area contributed by atoms with Crippen LogP contribution >= 0.6 is 0 Å².